The van der Waals surface area contributed by atoms with E-state index in [9.17, 15) is 9.90 Å². The van der Waals surface area contributed by atoms with Gasteiger partial charge < -0.3 is 21.5 Å². The Balaban J connectivity index is 1.57. The molecule has 1 aliphatic carbocycles. The summed E-state index contributed by atoms with van der Waals surface area (Å²) >= 11 is 0. The lowest BCUT2D eigenvalue weighted by Gasteiger charge is -2.34. The van der Waals surface area contributed by atoms with Crippen molar-refractivity contribution in [1.29, 1.82) is 0 Å². The van der Waals surface area contributed by atoms with E-state index in [4.69, 9.17) is 11.5 Å². The topological polar surface area (TPSA) is 105 Å². The summed E-state index contributed by atoms with van der Waals surface area (Å²) in [6.07, 6.45) is 4.18. The zero-order chi connectivity index (χ0) is 25.3. The standard InChI is InChI=1S/C30H36N4O2/c31-30(32)33-19-22-14-16-23(17-15-22)20-34(29(36)26-12-7-13-27(35)18-26)21-28(24-8-3-1-4-9-24)25-10-5-2-6-11-25/h1-13,18,22-23,28,35H,14-17,19-21H2,(H4,31,32,33). The van der Waals surface area contributed by atoms with Crippen LogP contribution in [0.4, 0.5) is 0 Å². The molecule has 0 spiro atoms. The van der Waals surface area contributed by atoms with Crippen LogP contribution in [-0.2, 0) is 0 Å². The third-order valence-corrected chi connectivity index (χ3v) is 7.16. The largest absolute Gasteiger partial charge is 0.508 e. The SMILES string of the molecule is NC(N)=NCC1CCC(CN(CC(c2ccccc2)c2ccccc2)C(=O)c2cccc(O)c2)CC1. The van der Waals surface area contributed by atoms with Gasteiger partial charge in [0.15, 0.2) is 5.96 Å². The highest BCUT2D eigenvalue weighted by Gasteiger charge is 2.28. The molecule has 1 saturated carbocycles. The Labute approximate surface area is 213 Å². The first kappa shape index (κ1) is 25.3. The van der Waals surface area contributed by atoms with Gasteiger partial charge in [-0.15, -0.1) is 0 Å². The molecule has 0 radical (unpaired) electrons. The number of rotatable bonds is 9. The molecule has 1 amide bonds. The Kier molecular flexibility index (Phi) is 8.61. The highest BCUT2D eigenvalue weighted by atomic mass is 16.3. The van der Waals surface area contributed by atoms with E-state index in [0.717, 1.165) is 25.7 Å². The minimum absolute atomic E-state index is 0.0480. The predicted octanol–water partition coefficient (Wildman–Crippen LogP) is 4.75. The number of aromatic hydroxyl groups is 1. The van der Waals surface area contributed by atoms with E-state index in [1.165, 1.54) is 11.1 Å². The van der Waals surface area contributed by atoms with Crippen molar-refractivity contribution < 1.29 is 9.90 Å². The Hall–Kier alpha value is -3.80. The van der Waals surface area contributed by atoms with Crippen LogP contribution in [-0.4, -0.2) is 41.5 Å². The normalized spacial score (nSPS) is 17.5. The highest BCUT2D eigenvalue weighted by molar-refractivity contribution is 5.94. The number of aliphatic imine (C=N–C) groups is 1. The van der Waals surface area contributed by atoms with Crippen LogP contribution in [0.1, 0.15) is 53.1 Å². The number of hydrogen-bond acceptors (Lipinski definition) is 3. The number of nitrogens with two attached hydrogens (primary N) is 2. The summed E-state index contributed by atoms with van der Waals surface area (Å²) < 4.78 is 0. The minimum atomic E-state index is -0.0506. The summed E-state index contributed by atoms with van der Waals surface area (Å²) in [7, 11) is 0. The molecular formula is C30H36N4O2. The molecular weight excluding hydrogens is 448 g/mol. The van der Waals surface area contributed by atoms with Gasteiger partial charge in [-0.3, -0.25) is 9.79 Å². The Morgan fingerprint density at radius 3 is 2.00 bits per heavy atom. The van der Waals surface area contributed by atoms with Gasteiger partial charge in [0.05, 0.1) is 0 Å². The van der Waals surface area contributed by atoms with Gasteiger partial charge in [0, 0.05) is 31.1 Å². The van der Waals surface area contributed by atoms with E-state index in [0.29, 0.717) is 37.0 Å². The zero-order valence-electron chi connectivity index (χ0n) is 20.7. The summed E-state index contributed by atoms with van der Waals surface area (Å²) in [6.45, 7) is 1.92. The number of amides is 1. The quantitative estimate of drug-likeness (QED) is 0.301. The number of phenols is 1. The van der Waals surface area contributed by atoms with Gasteiger partial charge >= 0.3 is 0 Å². The van der Waals surface area contributed by atoms with Gasteiger partial charge in [-0.05, 0) is 66.8 Å². The number of nitrogens with zero attached hydrogens (tertiary/aromatic N) is 2. The third-order valence-electron chi connectivity index (χ3n) is 7.16. The fourth-order valence-corrected chi connectivity index (χ4v) is 5.20. The molecule has 0 heterocycles. The number of guanidine groups is 1. The summed E-state index contributed by atoms with van der Waals surface area (Å²) in [6, 6.07) is 27.4. The van der Waals surface area contributed by atoms with Crippen LogP contribution in [0.3, 0.4) is 0 Å². The van der Waals surface area contributed by atoms with Crippen LogP contribution < -0.4 is 11.5 Å². The predicted molar refractivity (Wildman–Crippen MR) is 145 cm³/mol. The molecule has 6 heteroatoms. The maximum Gasteiger partial charge on any atom is 0.254 e. The number of phenolic OH excluding ortho intramolecular Hbond substituents is 1. The van der Waals surface area contributed by atoms with Crippen LogP contribution in [0.15, 0.2) is 89.9 Å². The van der Waals surface area contributed by atoms with Crippen molar-refractivity contribution >= 4 is 11.9 Å². The first-order valence-electron chi connectivity index (χ1n) is 12.7. The molecule has 5 N–H and O–H groups in total. The fourth-order valence-electron chi connectivity index (χ4n) is 5.20. The first-order valence-corrected chi connectivity index (χ1v) is 12.7. The maximum atomic E-state index is 13.8. The lowest BCUT2D eigenvalue weighted by Crippen LogP contribution is -2.39. The van der Waals surface area contributed by atoms with Crippen molar-refractivity contribution in [3.63, 3.8) is 0 Å². The van der Waals surface area contributed by atoms with Gasteiger partial charge in [0.2, 0.25) is 0 Å². The molecule has 36 heavy (non-hydrogen) atoms. The van der Waals surface area contributed by atoms with Crippen molar-refractivity contribution in [2.75, 3.05) is 19.6 Å². The van der Waals surface area contributed by atoms with Gasteiger partial charge in [-0.25, -0.2) is 0 Å². The number of carbonyl (C=O) groups excluding carboxylic acids is 1. The average molecular weight is 485 g/mol. The fraction of sp³-hybridized carbons (Fsp3) is 0.333. The zero-order valence-corrected chi connectivity index (χ0v) is 20.7. The molecule has 0 saturated heterocycles. The molecule has 6 nitrogen and oxygen atoms in total. The molecule has 3 aromatic carbocycles. The van der Waals surface area contributed by atoms with E-state index in [-0.39, 0.29) is 23.5 Å². The summed E-state index contributed by atoms with van der Waals surface area (Å²) in [5.41, 5.74) is 13.9. The minimum Gasteiger partial charge on any atom is -0.508 e. The van der Waals surface area contributed by atoms with E-state index in [1.807, 2.05) is 41.3 Å². The number of hydrogen-bond donors (Lipinski definition) is 3. The second kappa shape index (κ2) is 12.2. The molecule has 1 fully saturated rings. The Morgan fingerprint density at radius 1 is 0.861 bits per heavy atom. The highest BCUT2D eigenvalue weighted by Crippen LogP contribution is 2.32. The molecule has 3 aromatic rings. The van der Waals surface area contributed by atoms with Gasteiger partial charge in [0.1, 0.15) is 5.75 Å². The third kappa shape index (κ3) is 6.87. The average Bonchev–Trinajstić information content (AvgIpc) is 2.91. The lowest BCUT2D eigenvalue weighted by atomic mass is 9.81. The van der Waals surface area contributed by atoms with Crippen LogP contribution in [0, 0.1) is 11.8 Å². The summed E-state index contributed by atoms with van der Waals surface area (Å²) in [5.74, 6) is 1.14. The van der Waals surface area contributed by atoms with Gasteiger partial charge in [0.25, 0.3) is 5.91 Å². The van der Waals surface area contributed by atoms with Crippen molar-refractivity contribution in [1.82, 2.24) is 4.90 Å². The lowest BCUT2D eigenvalue weighted by molar-refractivity contribution is 0.0699. The Bertz CT molecular complexity index is 1100. The van der Waals surface area contributed by atoms with Crippen molar-refractivity contribution in [3.05, 3.63) is 102 Å². The van der Waals surface area contributed by atoms with Crippen LogP contribution in [0.2, 0.25) is 0 Å². The van der Waals surface area contributed by atoms with E-state index >= 15 is 0 Å². The van der Waals surface area contributed by atoms with Gasteiger partial charge in [-0.2, -0.15) is 0 Å². The van der Waals surface area contributed by atoms with Crippen molar-refractivity contribution in [3.8, 4) is 5.75 Å². The van der Waals surface area contributed by atoms with Crippen molar-refractivity contribution in [2.45, 2.75) is 31.6 Å². The van der Waals surface area contributed by atoms with E-state index < -0.39 is 0 Å². The summed E-state index contributed by atoms with van der Waals surface area (Å²) in [5, 5.41) is 10.0. The van der Waals surface area contributed by atoms with Crippen LogP contribution >= 0.6 is 0 Å². The molecule has 4 rings (SSSR count). The monoisotopic (exact) mass is 484 g/mol. The molecule has 188 valence electrons. The number of carbonyl (C=O) groups is 1. The first-order chi connectivity index (χ1) is 17.5. The van der Waals surface area contributed by atoms with Crippen LogP contribution in [0.25, 0.3) is 0 Å². The van der Waals surface area contributed by atoms with Gasteiger partial charge in [-0.1, -0.05) is 66.7 Å². The summed E-state index contributed by atoms with van der Waals surface area (Å²) in [4.78, 5) is 20.0. The molecule has 1 aliphatic rings. The molecule has 0 unspecified atom stereocenters. The molecule has 0 aromatic heterocycles. The van der Waals surface area contributed by atoms with E-state index in [2.05, 4.69) is 29.3 Å². The number of benzene rings is 3. The van der Waals surface area contributed by atoms with E-state index in [1.54, 1.807) is 24.3 Å². The van der Waals surface area contributed by atoms with Crippen LogP contribution in [0.5, 0.6) is 5.75 Å². The van der Waals surface area contributed by atoms with Crippen molar-refractivity contribution in [2.24, 2.45) is 28.3 Å². The molecule has 0 aliphatic heterocycles. The smallest absolute Gasteiger partial charge is 0.254 e. The Morgan fingerprint density at radius 2 is 1.44 bits per heavy atom. The maximum absolute atomic E-state index is 13.8. The second-order valence-electron chi connectivity index (χ2n) is 9.79. The molecule has 0 atom stereocenters. The molecule has 0 bridgehead atoms. The second-order valence-corrected chi connectivity index (χ2v) is 9.79.